The Bertz CT molecular complexity index is 1350. The molecule has 3 aromatic rings. The maximum atomic E-state index is 13.9. The summed E-state index contributed by atoms with van der Waals surface area (Å²) in [6, 6.07) is 24.2. The third kappa shape index (κ3) is 10.5. The van der Waals surface area contributed by atoms with E-state index in [0.717, 1.165) is 23.3 Å². The van der Waals surface area contributed by atoms with Gasteiger partial charge in [0.2, 0.25) is 11.8 Å². The van der Waals surface area contributed by atoms with Crippen LogP contribution in [0, 0.1) is 0 Å². The molecule has 11 heteroatoms. The van der Waals surface area contributed by atoms with Crippen LogP contribution >= 0.6 is 0 Å². The molecule has 240 valence electrons. The molecule has 0 aromatic heterocycles. The Balaban J connectivity index is 1.43. The second kappa shape index (κ2) is 16.3. The molecule has 0 bridgehead atoms. The summed E-state index contributed by atoms with van der Waals surface area (Å²) in [5.74, 6) is -0.393. The van der Waals surface area contributed by atoms with Crippen LogP contribution in [-0.2, 0) is 15.8 Å². The molecule has 8 nitrogen and oxygen atoms in total. The van der Waals surface area contributed by atoms with Gasteiger partial charge in [-0.05, 0) is 60.7 Å². The van der Waals surface area contributed by atoms with Crippen LogP contribution in [-0.4, -0.2) is 61.3 Å². The minimum atomic E-state index is -4.42. The Hall–Kier alpha value is -4.03. The number of alkyl halides is 3. The van der Waals surface area contributed by atoms with Crippen LogP contribution in [0.15, 0.2) is 91.0 Å². The average molecular weight is 623 g/mol. The zero-order chi connectivity index (χ0) is 32.2. The molecular formula is C34H41F3N6O2. The van der Waals surface area contributed by atoms with Crippen molar-refractivity contribution in [1.29, 1.82) is 0 Å². The maximum Gasteiger partial charge on any atom is 0.416 e. The van der Waals surface area contributed by atoms with Crippen molar-refractivity contribution in [3.05, 3.63) is 113 Å². The molecule has 45 heavy (non-hydrogen) atoms. The number of nitrogens with zero attached hydrogens (tertiary/aromatic N) is 1. The molecule has 0 spiro atoms. The van der Waals surface area contributed by atoms with Crippen LogP contribution in [0.4, 0.5) is 13.2 Å². The zero-order valence-electron chi connectivity index (χ0n) is 25.0. The third-order valence-corrected chi connectivity index (χ3v) is 7.84. The van der Waals surface area contributed by atoms with Gasteiger partial charge in [0.15, 0.2) is 0 Å². The molecule has 0 radical (unpaired) electrons. The monoisotopic (exact) mass is 622 g/mol. The fourth-order valence-electron chi connectivity index (χ4n) is 5.44. The molecule has 3 aromatic carbocycles. The molecule has 1 saturated heterocycles. The number of nitrogens with two attached hydrogens (primary N) is 2. The van der Waals surface area contributed by atoms with Crippen molar-refractivity contribution < 1.29 is 22.8 Å². The highest BCUT2D eigenvalue weighted by Crippen LogP contribution is 2.29. The molecule has 2 amide bonds. The van der Waals surface area contributed by atoms with Gasteiger partial charge in [0.05, 0.1) is 11.6 Å². The number of benzene rings is 3. The van der Waals surface area contributed by atoms with Crippen LogP contribution in [0.5, 0.6) is 0 Å². The van der Waals surface area contributed by atoms with E-state index < -0.39 is 24.1 Å². The van der Waals surface area contributed by atoms with E-state index in [9.17, 15) is 22.8 Å². The SMILES string of the molecule is NC(N)NCCC[C@@H]1N[C@H](CNC(=O)/C=C/c2ccc(C(F)(F)F)cc2)CCN(CC(c2ccccc2)c2ccccc2)C1=O. The van der Waals surface area contributed by atoms with Crippen LogP contribution in [0.3, 0.4) is 0 Å². The molecule has 2 atom stereocenters. The van der Waals surface area contributed by atoms with Crippen LogP contribution in [0.1, 0.15) is 47.4 Å². The molecule has 1 aliphatic heterocycles. The number of carbonyl (C=O) groups excluding carboxylic acids is 2. The summed E-state index contributed by atoms with van der Waals surface area (Å²) in [5, 5.41) is 9.30. The van der Waals surface area contributed by atoms with Gasteiger partial charge in [0, 0.05) is 37.7 Å². The third-order valence-electron chi connectivity index (χ3n) is 7.84. The lowest BCUT2D eigenvalue weighted by Crippen LogP contribution is -2.50. The predicted octanol–water partition coefficient (Wildman–Crippen LogP) is 3.80. The fraction of sp³-hybridized carbons (Fsp3) is 0.353. The average Bonchev–Trinajstić information content (AvgIpc) is 3.18. The largest absolute Gasteiger partial charge is 0.416 e. The molecule has 0 saturated carbocycles. The number of hydrogen-bond donors (Lipinski definition) is 5. The van der Waals surface area contributed by atoms with Gasteiger partial charge in [-0.25, -0.2) is 0 Å². The summed E-state index contributed by atoms with van der Waals surface area (Å²) < 4.78 is 38.5. The first-order valence-corrected chi connectivity index (χ1v) is 15.1. The molecule has 0 aliphatic carbocycles. The van der Waals surface area contributed by atoms with Gasteiger partial charge in [-0.1, -0.05) is 72.8 Å². The minimum absolute atomic E-state index is 0.0000600. The summed E-state index contributed by atoms with van der Waals surface area (Å²) in [4.78, 5) is 28.4. The quantitative estimate of drug-likeness (QED) is 0.112. The lowest BCUT2D eigenvalue weighted by atomic mass is 9.90. The lowest BCUT2D eigenvalue weighted by Gasteiger charge is -2.29. The number of amides is 2. The Labute approximate surface area is 262 Å². The number of rotatable bonds is 13. The summed E-state index contributed by atoms with van der Waals surface area (Å²) in [7, 11) is 0. The zero-order valence-corrected chi connectivity index (χ0v) is 25.0. The van der Waals surface area contributed by atoms with Gasteiger partial charge in [0.1, 0.15) is 6.29 Å². The van der Waals surface area contributed by atoms with E-state index in [-0.39, 0.29) is 30.3 Å². The van der Waals surface area contributed by atoms with E-state index in [0.29, 0.717) is 44.5 Å². The van der Waals surface area contributed by atoms with Crippen molar-refractivity contribution in [2.45, 2.75) is 49.7 Å². The van der Waals surface area contributed by atoms with Gasteiger partial charge in [-0.2, -0.15) is 13.2 Å². The van der Waals surface area contributed by atoms with Gasteiger partial charge >= 0.3 is 6.18 Å². The first kappa shape index (κ1) is 33.9. The summed E-state index contributed by atoms with van der Waals surface area (Å²) >= 11 is 0. The van der Waals surface area contributed by atoms with Crippen LogP contribution < -0.4 is 27.4 Å². The topological polar surface area (TPSA) is 126 Å². The van der Waals surface area contributed by atoms with Crippen molar-refractivity contribution in [3.8, 4) is 0 Å². The highest BCUT2D eigenvalue weighted by atomic mass is 19.4. The number of halogens is 3. The van der Waals surface area contributed by atoms with Crippen molar-refractivity contribution in [3.63, 3.8) is 0 Å². The first-order valence-electron chi connectivity index (χ1n) is 15.1. The first-order chi connectivity index (χ1) is 21.6. The number of hydrogen-bond acceptors (Lipinski definition) is 6. The highest BCUT2D eigenvalue weighted by Gasteiger charge is 2.33. The molecular weight excluding hydrogens is 581 g/mol. The van der Waals surface area contributed by atoms with E-state index in [4.69, 9.17) is 11.5 Å². The Morgan fingerprint density at radius 2 is 1.60 bits per heavy atom. The van der Waals surface area contributed by atoms with Crippen molar-refractivity contribution in [2.75, 3.05) is 26.2 Å². The molecule has 4 rings (SSSR count). The molecule has 0 unspecified atom stereocenters. The van der Waals surface area contributed by atoms with Crippen LogP contribution in [0.25, 0.3) is 6.08 Å². The van der Waals surface area contributed by atoms with E-state index >= 15 is 0 Å². The van der Waals surface area contributed by atoms with Gasteiger partial charge in [-0.3, -0.25) is 14.9 Å². The number of nitrogens with one attached hydrogen (secondary N) is 3. The molecule has 1 fully saturated rings. The lowest BCUT2D eigenvalue weighted by molar-refractivity contribution is -0.137. The normalized spacial score (nSPS) is 17.7. The standard InChI is InChI=1S/C34H41F3N6O2/c35-34(36,37)27-16-13-24(14-17-27)15-18-31(44)41-22-28-19-21-43(32(45)30(42-28)12-7-20-40-33(38)39)23-29(25-8-3-1-4-9-25)26-10-5-2-6-11-26/h1-6,8-11,13-18,28-30,33,40,42H,7,12,19-23,38-39H2,(H,41,44)/b18-15+/t28-,30-/m0/s1. The summed E-state index contributed by atoms with van der Waals surface area (Å²) in [5.41, 5.74) is 13.2. The van der Waals surface area contributed by atoms with Crippen molar-refractivity contribution >= 4 is 17.9 Å². The van der Waals surface area contributed by atoms with Gasteiger partial charge in [0.25, 0.3) is 0 Å². The van der Waals surface area contributed by atoms with E-state index in [2.05, 4.69) is 40.2 Å². The Morgan fingerprint density at radius 3 is 2.18 bits per heavy atom. The summed E-state index contributed by atoms with van der Waals surface area (Å²) in [6.45, 7) is 1.84. The van der Waals surface area contributed by atoms with Gasteiger partial charge in [-0.15, -0.1) is 0 Å². The Kier molecular flexibility index (Phi) is 12.3. The second-order valence-electron chi connectivity index (χ2n) is 11.2. The fourth-order valence-corrected chi connectivity index (χ4v) is 5.44. The highest BCUT2D eigenvalue weighted by molar-refractivity contribution is 5.91. The molecule has 7 N–H and O–H groups in total. The minimum Gasteiger partial charge on any atom is -0.351 e. The van der Waals surface area contributed by atoms with Crippen molar-refractivity contribution in [2.24, 2.45) is 11.5 Å². The second-order valence-corrected chi connectivity index (χ2v) is 11.2. The predicted molar refractivity (Wildman–Crippen MR) is 170 cm³/mol. The van der Waals surface area contributed by atoms with Crippen LogP contribution in [0.2, 0.25) is 0 Å². The maximum absolute atomic E-state index is 13.9. The molecule has 1 heterocycles. The number of carbonyl (C=O) groups is 2. The Morgan fingerprint density at radius 1 is 0.978 bits per heavy atom. The van der Waals surface area contributed by atoms with Crippen molar-refractivity contribution in [1.82, 2.24) is 20.9 Å². The summed E-state index contributed by atoms with van der Waals surface area (Å²) in [6.07, 6.45) is -0.472. The smallest absolute Gasteiger partial charge is 0.351 e. The van der Waals surface area contributed by atoms with E-state index in [1.807, 2.05) is 41.3 Å². The molecule has 1 aliphatic rings. The van der Waals surface area contributed by atoms with Gasteiger partial charge < -0.3 is 27.0 Å². The van der Waals surface area contributed by atoms with E-state index in [1.54, 1.807) is 0 Å². The van der Waals surface area contributed by atoms with E-state index in [1.165, 1.54) is 24.3 Å².